The van der Waals surface area contributed by atoms with E-state index in [0.717, 1.165) is 0 Å². The summed E-state index contributed by atoms with van der Waals surface area (Å²) in [6, 6.07) is -0.138. The second-order valence-corrected chi connectivity index (χ2v) is 5.07. The number of alkyl halides is 6. The summed E-state index contributed by atoms with van der Waals surface area (Å²) in [6.45, 7) is 0. The number of hydrogen-bond donors (Lipinski definition) is 1. The number of nitro groups is 1. The smallest absolute Gasteiger partial charge is 0.258 e. The molecule has 0 fully saturated rings. The van der Waals surface area contributed by atoms with Crippen molar-refractivity contribution in [2.75, 3.05) is 4.72 Å². The zero-order chi connectivity index (χ0) is 16.6. The molecule has 7 nitrogen and oxygen atoms in total. The van der Waals surface area contributed by atoms with Gasteiger partial charge < -0.3 is 0 Å². The molecule has 0 bridgehead atoms. The monoisotopic (exact) mass is 339 g/mol. The van der Waals surface area contributed by atoms with Crippen LogP contribution < -0.4 is 4.72 Å². The number of anilines is 1. The number of pyridine rings is 1. The fourth-order valence-electron chi connectivity index (χ4n) is 1.01. The van der Waals surface area contributed by atoms with Gasteiger partial charge in [-0.25, -0.2) is 4.98 Å². The van der Waals surface area contributed by atoms with Gasteiger partial charge in [0.2, 0.25) is 5.82 Å². The van der Waals surface area contributed by atoms with Gasteiger partial charge in [0.15, 0.2) is 0 Å². The van der Waals surface area contributed by atoms with Gasteiger partial charge in [-0.3, -0.25) is 14.8 Å². The Hall–Kier alpha value is -2.12. The lowest BCUT2D eigenvalue weighted by Crippen LogP contribution is -2.30. The zero-order valence-corrected chi connectivity index (χ0v) is 10.2. The molecule has 1 heterocycles. The van der Waals surface area contributed by atoms with Crippen molar-refractivity contribution in [3.63, 3.8) is 0 Å². The van der Waals surface area contributed by atoms with E-state index in [9.17, 15) is 44.9 Å². The molecular formula is C7H3F6N3O4S. The molecule has 21 heavy (non-hydrogen) atoms. The topological polar surface area (TPSA) is 102 Å². The maximum Gasteiger partial charge on any atom is 0.516 e. The van der Waals surface area contributed by atoms with E-state index in [0.29, 0.717) is 4.72 Å². The Labute approximate surface area is 111 Å². The first-order chi connectivity index (χ1) is 9.25. The van der Waals surface area contributed by atoms with Crippen molar-refractivity contribution in [3.05, 3.63) is 27.9 Å². The maximum absolute atomic E-state index is 12.3. The Morgan fingerprint density at radius 2 is 1.71 bits per heavy atom. The molecule has 0 saturated carbocycles. The Morgan fingerprint density at radius 3 is 2.10 bits per heavy atom. The molecule has 118 valence electrons. The number of nitrogens with zero attached hydrogens (tertiary/aromatic N) is 2. The molecule has 0 aliphatic carbocycles. The Morgan fingerprint density at radius 1 is 1.19 bits per heavy atom. The molecule has 14 heteroatoms. The predicted octanol–water partition coefficient (Wildman–Crippen LogP) is 2.27. The fraction of sp³-hybridized carbons (Fsp3) is 0.286. The van der Waals surface area contributed by atoms with Crippen LogP contribution in [0.25, 0.3) is 0 Å². The third-order valence-electron chi connectivity index (χ3n) is 1.93. The Balaban J connectivity index is 3.36. The van der Waals surface area contributed by atoms with Gasteiger partial charge in [-0.05, 0) is 0 Å². The molecule has 1 N–H and O–H groups in total. The minimum absolute atomic E-state index is 0.0404. The van der Waals surface area contributed by atoms with Crippen molar-refractivity contribution < 1.29 is 39.7 Å². The van der Waals surface area contributed by atoms with E-state index in [1.165, 1.54) is 0 Å². The van der Waals surface area contributed by atoms with Crippen molar-refractivity contribution in [2.45, 2.75) is 11.7 Å². The maximum atomic E-state index is 12.3. The van der Waals surface area contributed by atoms with Crippen LogP contribution in [0.15, 0.2) is 12.3 Å². The fourth-order valence-corrected chi connectivity index (χ4v) is 1.54. The van der Waals surface area contributed by atoms with Crippen LogP contribution >= 0.6 is 0 Å². The van der Waals surface area contributed by atoms with Gasteiger partial charge in [0.1, 0.15) is 0 Å². The van der Waals surface area contributed by atoms with Gasteiger partial charge in [0, 0.05) is 12.3 Å². The lowest BCUT2D eigenvalue weighted by Gasteiger charge is -2.11. The van der Waals surface area contributed by atoms with E-state index in [2.05, 4.69) is 4.98 Å². The second kappa shape index (κ2) is 5.01. The van der Waals surface area contributed by atoms with Crippen LogP contribution in [0, 0.1) is 10.1 Å². The highest BCUT2D eigenvalue weighted by molar-refractivity contribution is 7.93. The summed E-state index contributed by atoms with van der Waals surface area (Å²) in [4.78, 5) is 11.7. The second-order valence-electron chi connectivity index (χ2n) is 3.40. The normalized spacial score (nSPS) is 13.0. The van der Waals surface area contributed by atoms with Crippen LogP contribution in [-0.4, -0.2) is 23.8 Å². The number of sulfonamides is 1. The van der Waals surface area contributed by atoms with Gasteiger partial charge in [-0.1, -0.05) is 0 Å². The summed E-state index contributed by atoms with van der Waals surface area (Å²) >= 11 is 0. The van der Waals surface area contributed by atoms with Crippen LogP contribution in [-0.2, 0) is 16.2 Å². The van der Waals surface area contributed by atoms with Crippen LogP contribution in [0.5, 0.6) is 0 Å². The quantitative estimate of drug-likeness (QED) is 0.517. The number of aromatic nitrogens is 1. The third kappa shape index (κ3) is 3.71. The molecule has 0 radical (unpaired) electrons. The number of hydrogen-bond acceptors (Lipinski definition) is 5. The average molecular weight is 339 g/mol. The summed E-state index contributed by atoms with van der Waals surface area (Å²) in [6.07, 6.45) is -5.08. The van der Waals surface area contributed by atoms with E-state index in [1.807, 2.05) is 0 Å². The molecule has 0 amide bonds. The predicted molar refractivity (Wildman–Crippen MR) is 54.5 cm³/mol. The SMILES string of the molecule is O=[N+]([O-])c1cc(C(F)(F)F)cnc1NS(=O)(=O)C(F)(F)F. The van der Waals surface area contributed by atoms with Crippen LogP contribution in [0.1, 0.15) is 5.56 Å². The van der Waals surface area contributed by atoms with Crippen molar-refractivity contribution >= 4 is 21.5 Å². The van der Waals surface area contributed by atoms with E-state index in [1.54, 1.807) is 0 Å². The highest BCUT2D eigenvalue weighted by Crippen LogP contribution is 2.35. The van der Waals surface area contributed by atoms with Gasteiger partial charge in [0.25, 0.3) is 0 Å². The van der Waals surface area contributed by atoms with Gasteiger partial charge >= 0.3 is 27.4 Å². The minimum atomic E-state index is -6.05. The van der Waals surface area contributed by atoms with Crippen LogP contribution in [0.4, 0.5) is 37.8 Å². The Kier molecular flexibility index (Phi) is 4.04. The van der Waals surface area contributed by atoms with E-state index < -0.39 is 43.7 Å². The molecule has 0 spiro atoms. The molecule has 1 rings (SSSR count). The molecule has 1 aromatic rings. The molecule has 0 aliphatic rings. The first-order valence-electron chi connectivity index (χ1n) is 4.56. The van der Waals surface area contributed by atoms with Crippen LogP contribution in [0.3, 0.4) is 0 Å². The molecule has 1 aromatic heterocycles. The minimum Gasteiger partial charge on any atom is -0.258 e. The molecule has 0 saturated heterocycles. The molecule has 0 aromatic carbocycles. The number of rotatable bonds is 3. The largest absolute Gasteiger partial charge is 0.516 e. The first kappa shape index (κ1) is 16.9. The summed E-state index contributed by atoms with van der Waals surface area (Å²) < 4.78 is 95.4. The van der Waals surface area contributed by atoms with E-state index >= 15 is 0 Å². The van der Waals surface area contributed by atoms with Crippen molar-refractivity contribution in [3.8, 4) is 0 Å². The molecular weight excluding hydrogens is 336 g/mol. The first-order valence-corrected chi connectivity index (χ1v) is 6.05. The summed E-state index contributed by atoms with van der Waals surface area (Å²) in [7, 11) is -6.05. The van der Waals surface area contributed by atoms with Gasteiger partial charge in [0.05, 0.1) is 10.5 Å². The highest BCUT2D eigenvalue weighted by atomic mass is 32.2. The van der Waals surface area contributed by atoms with Crippen molar-refractivity contribution in [2.24, 2.45) is 0 Å². The van der Waals surface area contributed by atoms with Gasteiger partial charge in [-0.15, -0.1) is 0 Å². The van der Waals surface area contributed by atoms with Crippen molar-refractivity contribution in [1.29, 1.82) is 0 Å². The lowest BCUT2D eigenvalue weighted by atomic mass is 10.2. The summed E-state index contributed by atoms with van der Waals surface area (Å²) in [5.74, 6) is -1.48. The van der Waals surface area contributed by atoms with Crippen LogP contribution in [0.2, 0.25) is 0 Å². The lowest BCUT2D eigenvalue weighted by molar-refractivity contribution is -0.384. The highest BCUT2D eigenvalue weighted by Gasteiger charge is 2.47. The van der Waals surface area contributed by atoms with E-state index in [4.69, 9.17) is 0 Å². The zero-order valence-electron chi connectivity index (χ0n) is 9.36. The molecule has 0 atom stereocenters. The van der Waals surface area contributed by atoms with E-state index in [-0.39, 0.29) is 12.3 Å². The molecule has 0 aliphatic heterocycles. The van der Waals surface area contributed by atoms with Gasteiger partial charge in [-0.2, -0.15) is 34.8 Å². The Bertz CT molecular complexity index is 668. The third-order valence-corrected chi connectivity index (χ3v) is 3.00. The number of halogens is 6. The standard InChI is InChI=1S/C7H3F6N3O4S/c8-6(9,10)3-1-4(16(17)18)5(14-2-3)15-21(19,20)7(11,12)13/h1-2H,(H,14,15). The summed E-state index contributed by atoms with van der Waals surface area (Å²) in [5, 5.41) is 10.5. The number of nitrogens with one attached hydrogen (secondary N) is 1. The summed E-state index contributed by atoms with van der Waals surface area (Å²) in [5.41, 5.74) is -9.01. The average Bonchev–Trinajstić information content (AvgIpc) is 2.25. The molecule has 0 unspecified atom stereocenters. The van der Waals surface area contributed by atoms with Crippen molar-refractivity contribution in [1.82, 2.24) is 4.98 Å².